The molecule has 0 radical (unpaired) electrons. The average molecular weight is 241 g/mol. The fraction of sp³-hybridized carbons (Fsp3) is 0.182. The van der Waals surface area contributed by atoms with Crippen molar-refractivity contribution in [1.82, 2.24) is 0 Å². The van der Waals surface area contributed by atoms with E-state index in [0.717, 1.165) is 12.1 Å². The van der Waals surface area contributed by atoms with Gasteiger partial charge in [0.05, 0.1) is 5.56 Å². The lowest BCUT2D eigenvalue weighted by Gasteiger charge is -2.02. The minimum absolute atomic E-state index is 0.153. The van der Waals surface area contributed by atoms with E-state index in [1.807, 2.05) is 0 Å². The van der Waals surface area contributed by atoms with Gasteiger partial charge in [-0.05, 0) is 6.07 Å². The van der Waals surface area contributed by atoms with Gasteiger partial charge in [0.1, 0.15) is 17.1 Å². The van der Waals surface area contributed by atoms with Gasteiger partial charge in [-0.25, -0.2) is 4.79 Å². The lowest BCUT2D eigenvalue weighted by atomic mass is 10.1. The van der Waals surface area contributed by atoms with E-state index in [2.05, 4.69) is 11.8 Å². The topological polar surface area (TPSA) is 77.8 Å². The van der Waals surface area contributed by atoms with Crippen LogP contribution in [0.25, 0.3) is 0 Å². The van der Waals surface area contributed by atoms with Crippen molar-refractivity contribution in [2.75, 3.05) is 5.88 Å². The van der Waals surface area contributed by atoms with E-state index in [-0.39, 0.29) is 16.9 Å². The second-order valence-corrected chi connectivity index (χ2v) is 3.31. The second kappa shape index (κ2) is 5.29. The summed E-state index contributed by atoms with van der Waals surface area (Å²) in [5, 5.41) is 27.4. The quantitative estimate of drug-likeness (QED) is 0.544. The highest BCUT2D eigenvalue weighted by molar-refractivity contribution is 6.18. The van der Waals surface area contributed by atoms with Crippen LogP contribution in [-0.2, 0) is 0 Å². The van der Waals surface area contributed by atoms with Gasteiger partial charge >= 0.3 is 5.97 Å². The van der Waals surface area contributed by atoms with Crippen molar-refractivity contribution in [3.8, 4) is 23.3 Å². The van der Waals surface area contributed by atoms with Crippen molar-refractivity contribution in [2.24, 2.45) is 0 Å². The largest absolute Gasteiger partial charge is 0.507 e. The maximum absolute atomic E-state index is 10.7. The third-order valence-electron chi connectivity index (χ3n) is 1.79. The van der Waals surface area contributed by atoms with Crippen LogP contribution in [0, 0.1) is 11.8 Å². The number of halogens is 1. The number of alkyl halides is 1. The molecule has 0 fully saturated rings. The third-order valence-corrected chi connectivity index (χ3v) is 1.98. The predicted octanol–water partition coefficient (Wildman–Crippen LogP) is 1.78. The first-order valence-electron chi connectivity index (χ1n) is 4.40. The Labute approximate surface area is 97.1 Å². The first-order valence-corrected chi connectivity index (χ1v) is 4.93. The second-order valence-electron chi connectivity index (χ2n) is 2.93. The number of aromatic hydroxyl groups is 2. The van der Waals surface area contributed by atoms with E-state index in [1.165, 1.54) is 0 Å². The molecule has 5 heteroatoms. The molecule has 3 N–H and O–H groups in total. The molecule has 16 heavy (non-hydrogen) atoms. The van der Waals surface area contributed by atoms with E-state index >= 15 is 0 Å². The molecule has 1 aromatic carbocycles. The van der Waals surface area contributed by atoms with Crippen LogP contribution in [0.4, 0.5) is 0 Å². The van der Waals surface area contributed by atoms with Crippen molar-refractivity contribution in [3.63, 3.8) is 0 Å². The first-order chi connectivity index (χ1) is 7.56. The summed E-state index contributed by atoms with van der Waals surface area (Å²) in [7, 11) is 0. The summed E-state index contributed by atoms with van der Waals surface area (Å²) in [6, 6.07) is 2.07. The minimum Gasteiger partial charge on any atom is -0.507 e. The van der Waals surface area contributed by atoms with Crippen molar-refractivity contribution in [3.05, 3.63) is 23.3 Å². The Morgan fingerprint density at radius 3 is 2.56 bits per heavy atom. The number of hydrogen-bond donors (Lipinski definition) is 3. The molecule has 0 heterocycles. The molecule has 4 nitrogen and oxygen atoms in total. The fourth-order valence-corrected chi connectivity index (χ4v) is 1.15. The fourth-order valence-electron chi connectivity index (χ4n) is 1.05. The summed E-state index contributed by atoms with van der Waals surface area (Å²) >= 11 is 5.42. The molecular weight excluding hydrogens is 232 g/mol. The highest BCUT2D eigenvalue weighted by Gasteiger charge is 2.12. The summed E-state index contributed by atoms with van der Waals surface area (Å²) in [5.74, 6) is 3.57. The maximum atomic E-state index is 10.7. The Bertz CT molecular complexity index is 471. The van der Waals surface area contributed by atoms with Gasteiger partial charge in [0.25, 0.3) is 0 Å². The Hall–Kier alpha value is -1.86. The molecule has 0 bridgehead atoms. The van der Waals surface area contributed by atoms with E-state index in [9.17, 15) is 15.0 Å². The molecule has 0 amide bonds. The minimum atomic E-state index is -1.28. The number of carboxylic acids is 1. The van der Waals surface area contributed by atoms with Crippen LogP contribution in [-0.4, -0.2) is 27.2 Å². The molecule has 1 aromatic rings. The molecule has 0 aromatic heterocycles. The van der Waals surface area contributed by atoms with Crippen molar-refractivity contribution >= 4 is 17.6 Å². The van der Waals surface area contributed by atoms with E-state index in [4.69, 9.17) is 16.7 Å². The highest BCUT2D eigenvalue weighted by atomic mass is 35.5. The molecule has 0 unspecified atom stereocenters. The molecule has 0 spiro atoms. The van der Waals surface area contributed by atoms with Crippen molar-refractivity contribution in [1.29, 1.82) is 0 Å². The van der Waals surface area contributed by atoms with Crippen LogP contribution in [0.3, 0.4) is 0 Å². The van der Waals surface area contributed by atoms with Gasteiger partial charge in [0, 0.05) is 18.4 Å². The predicted molar refractivity (Wildman–Crippen MR) is 58.9 cm³/mol. The van der Waals surface area contributed by atoms with Crippen LogP contribution in [0.1, 0.15) is 22.3 Å². The number of benzene rings is 1. The van der Waals surface area contributed by atoms with Gasteiger partial charge in [0.15, 0.2) is 0 Å². The van der Waals surface area contributed by atoms with Crippen LogP contribution in [0.2, 0.25) is 0 Å². The summed E-state index contributed by atoms with van der Waals surface area (Å²) in [6.45, 7) is 0. The Morgan fingerprint density at radius 1 is 1.31 bits per heavy atom. The molecule has 1 rings (SSSR count). The van der Waals surface area contributed by atoms with Crippen molar-refractivity contribution in [2.45, 2.75) is 6.42 Å². The van der Waals surface area contributed by atoms with Crippen LogP contribution < -0.4 is 0 Å². The standard InChI is InChI=1S/C11H9ClO4/c12-4-2-1-3-7-5-8(11(15)16)10(14)6-9(7)13/h5-6,13-14H,2,4H2,(H,15,16). The average Bonchev–Trinajstić information content (AvgIpc) is 2.21. The Morgan fingerprint density at radius 2 is 2.00 bits per heavy atom. The molecular formula is C11H9ClO4. The third kappa shape index (κ3) is 2.81. The Kier molecular flexibility index (Phi) is 4.03. The zero-order valence-corrected chi connectivity index (χ0v) is 8.95. The van der Waals surface area contributed by atoms with Gasteiger partial charge in [0.2, 0.25) is 0 Å². The van der Waals surface area contributed by atoms with Crippen LogP contribution in [0.15, 0.2) is 12.1 Å². The number of hydrogen-bond acceptors (Lipinski definition) is 3. The first kappa shape index (κ1) is 12.2. The normalized spacial score (nSPS) is 9.31. The lowest BCUT2D eigenvalue weighted by Crippen LogP contribution is -1.97. The zero-order valence-electron chi connectivity index (χ0n) is 8.20. The molecule has 0 saturated carbocycles. The van der Waals surface area contributed by atoms with Gasteiger partial charge in [-0.2, -0.15) is 0 Å². The van der Waals surface area contributed by atoms with E-state index in [1.54, 1.807) is 0 Å². The summed E-state index contributed by atoms with van der Waals surface area (Å²) in [4.78, 5) is 10.7. The smallest absolute Gasteiger partial charge is 0.339 e. The van der Waals surface area contributed by atoms with E-state index in [0.29, 0.717) is 12.3 Å². The number of phenols is 2. The highest BCUT2D eigenvalue weighted by Crippen LogP contribution is 2.26. The monoisotopic (exact) mass is 240 g/mol. The molecule has 0 aliphatic rings. The summed E-state index contributed by atoms with van der Waals surface area (Å²) < 4.78 is 0. The number of carboxylic acid groups (broad SMARTS) is 1. The number of carbonyl (C=O) groups is 1. The Balaban J connectivity index is 3.16. The molecule has 0 aliphatic carbocycles. The van der Waals surface area contributed by atoms with Crippen LogP contribution in [0.5, 0.6) is 11.5 Å². The van der Waals surface area contributed by atoms with Gasteiger partial charge in [-0.3, -0.25) is 0 Å². The number of phenolic OH excluding ortho intramolecular Hbond substituents is 1. The lowest BCUT2D eigenvalue weighted by molar-refractivity contribution is 0.0693. The summed E-state index contributed by atoms with van der Waals surface area (Å²) in [6.07, 6.45) is 0.435. The SMILES string of the molecule is O=C(O)c1cc(C#CCCCl)c(O)cc1O. The summed E-state index contributed by atoms with van der Waals surface area (Å²) in [5.41, 5.74) is -0.145. The molecule has 0 saturated heterocycles. The zero-order chi connectivity index (χ0) is 12.1. The number of rotatable bonds is 2. The molecule has 84 valence electrons. The van der Waals surface area contributed by atoms with Gasteiger partial charge in [-0.1, -0.05) is 11.8 Å². The van der Waals surface area contributed by atoms with Crippen molar-refractivity contribution < 1.29 is 20.1 Å². The van der Waals surface area contributed by atoms with Crippen LogP contribution >= 0.6 is 11.6 Å². The molecule has 0 aliphatic heterocycles. The van der Waals surface area contributed by atoms with Gasteiger partial charge in [-0.15, -0.1) is 11.6 Å². The number of aromatic carboxylic acids is 1. The molecule has 0 atom stereocenters. The van der Waals surface area contributed by atoms with Gasteiger partial charge < -0.3 is 15.3 Å². The van der Waals surface area contributed by atoms with E-state index < -0.39 is 11.7 Å². The maximum Gasteiger partial charge on any atom is 0.339 e.